The van der Waals surface area contributed by atoms with Crippen molar-refractivity contribution in [3.8, 4) is 0 Å². The van der Waals surface area contributed by atoms with Gasteiger partial charge in [0.2, 0.25) is 15.9 Å². The predicted octanol–water partition coefficient (Wildman–Crippen LogP) is 2.45. The number of anilines is 1. The number of carbonyl (C=O) groups is 1. The topological polar surface area (TPSA) is 66.5 Å². The van der Waals surface area contributed by atoms with Gasteiger partial charge in [0.1, 0.15) is 0 Å². The molecule has 20 heavy (non-hydrogen) atoms. The molecule has 0 fully saturated rings. The van der Waals surface area contributed by atoms with Crippen LogP contribution in [0.25, 0.3) is 0 Å². The smallest absolute Gasteiger partial charge is 0.225 e. The van der Waals surface area contributed by atoms with Crippen molar-refractivity contribution in [3.63, 3.8) is 0 Å². The van der Waals surface area contributed by atoms with Crippen LogP contribution in [-0.4, -0.2) is 38.0 Å². The maximum Gasteiger partial charge on any atom is 0.225 e. The van der Waals surface area contributed by atoms with Crippen LogP contribution >= 0.6 is 15.9 Å². The van der Waals surface area contributed by atoms with Crippen LogP contribution in [0.5, 0.6) is 0 Å². The fourth-order valence-corrected chi connectivity index (χ4v) is 2.88. The van der Waals surface area contributed by atoms with Crippen molar-refractivity contribution in [2.75, 3.05) is 24.7 Å². The molecule has 0 spiro atoms. The molecular formula is C13H19BrN2O3S. The third kappa shape index (κ3) is 6.02. The summed E-state index contributed by atoms with van der Waals surface area (Å²) in [7, 11) is -3.25. The Morgan fingerprint density at radius 3 is 2.35 bits per heavy atom. The molecule has 7 heteroatoms. The zero-order chi connectivity index (χ0) is 15.2. The number of benzene rings is 1. The van der Waals surface area contributed by atoms with Crippen LogP contribution in [0.1, 0.15) is 19.8 Å². The molecule has 112 valence electrons. The molecule has 0 saturated heterocycles. The second kappa shape index (κ2) is 7.75. The molecule has 0 saturated carbocycles. The molecule has 0 unspecified atom stereocenters. The predicted molar refractivity (Wildman–Crippen MR) is 84.1 cm³/mol. The number of sulfonamides is 1. The molecule has 0 radical (unpaired) electrons. The Morgan fingerprint density at radius 2 is 1.85 bits per heavy atom. The van der Waals surface area contributed by atoms with Crippen molar-refractivity contribution in [1.29, 1.82) is 0 Å². The van der Waals surface area contributed by atoms with E-state index in [0.29, 0.717) is 12.2 Å². The quantitative estimate of drug-likeness (QED) is 0.809. The summed E-state index contributed by atoms with van der Waals surface area (Å²) in [6.07, 6.45) is 2.03. The molecular weight excluding hydrogens is 344 g/mol. The fourth-order valence-electron chi connectivity index (χ4n) is 1.68. The average Bonchev–Trinajstić information content (AvgIpc) is 2.36. The van der Waals surface area contributed by atoms with Crippen LogP contribution in [-0.2, 0) is 14.8 Å². The molecule has 0 bridgehead atoms. The van der Waals surface area contributed by atoms with Crippen molar-refractivity contribution < 1.29 is 13.2 Å². The highest BCUT2D eigenvalue weighted by Gasteiger charge is 2.16. The number of nitrogens with zero attached hydrogens (tertiary/aromatic N) is 1. The molecule has 0 aliphatic rings. The maximum atomic E-state index is 11.8. The van der Waals surface area contributed by atoms with Crippen LogP contribution in [0.15, 0.2) is 28.7 Å². The molecule has 1 aromatic rings. The van der Waals surface area contributed by atoms with Crippen molar-refractivity contribution >= 4 is 37.5 Å². The third-order valence-electron chi connectivity index (χ3n) is 2.66. The lowest BCUT2D eigenvalue weighted by molar-refractivity contribution is -0.116. The Kier molecular flexibility index (Phi) is 6.64. The Labute approximate surface area is 128 Å². The lowest BCUT2D eigenvalue weighted by atomic mass is 10.3. The number of rotatable bonds is 7. The standard InChI is InChI=1S/C13H19BrN2O3S/c1-3-9-16(20(2,18)19)10-8-13(17)15-12-6-4-11(14)5-7-12/h4-7H,3,8-10H2,1-2H3,(H,15,17). The minimum Gasteiger partial charge on any atom is -0.326 e. The van der Waals surface area contributed by atoms with E-state index in [2.05, 4.69) is 21.2 Å². The number of nitrogens with one attached hydrogen (secondary N) is 1. The van der Waals surface area contributed by atoms with Crippen LogP contribution < -0.4 is 5.32 Å². The SMILES string of the molecule is CCCN(CCC(=O)Nc1ccc(Br)cc1)S(C)(=O)=O. The minimum absolute atomic E-state index is 0.142. The summed E-state index contributed by atoms with van der Waals surface area (Å²) in [5.41, 5.74) is 0.694. The summed E-state index contributed by atoms with van der Waals surface area (Å²) < 4.78 is 25.3. The number of hydrogen-bond donors (Lipinski definition) is 1. The molecule has 0 aromatic heterocycles. The summed E-state index contributed by atoms with van der Waals surface area (Å²) in [5.74, 6) is -0.197. The number of amides is 1. The van der Waals surface area contributed by atoms with E-state index in [1.807, 2.05) is 19.1 Å². The molecule has 0 atom stereocenters. The van der Waals surface area contributed by atoms with E-state index < -0.39 is 10.0 Å². The van der Waals surface area contributed by atoms with Crippen LogP contribution in [0, 0.1) is 0 Å². The first-order valence-electron chi connectivity index (χ1n) is 6.33. The van der Waals surface area contributed by atoms with Crippen molar-refractivity contribution in [1.82, 2.24) is 4.31 Å². The van der Waals surface area contributed by atoms with Gasteiger partial charge >= 0.3 is 0 Å². The van der Waals surface area contributed by atoms with Gasteiger partial charge in [-0.1, -0.05) is 22.9 Å². The van der Waals surface area contributed by atoms with E-state index in [9.17, 15) is 13.2 Å². The van der Waals surface area contributed by atoms with E-state index in [-0.39, 0.29) is 18.9 Å². The Morgan fingerprint density at radius 1 is 1.25 bits per heavy atom. The summed E-state index contributed by atoms with van der Waals surface area (Å²) in [4.78, 5) is 11.8. The lowest BCUT2D eigenvalue weighted by Crippen LogP contribution is -2.33. The molecule has 1 rings (SSSR count). The van der Waals surface area contributed by atoms with Gasteiger partial charge < -0.3 is 5.32 Å². The number of carbonyl (C=O) groups excluding carboxylic acids is 1. The Balaban J connectivity index is 2.51. The van der Waals surface area contributed by atoms with Crippen molar-refractivity contribution in [3.05, 3.63) is 28.7 Å². The van der Waals surface area contributed by atoms with Gasteiger partial charge in [0, 0.05) is 29.7 Å². The lowest BCUT2D eigenvalue weighted by Gasteiger charge is -2.18. The van der Waals surface area contributed by atoms with Gasteiger partial charge in [0.05, 0.1) is 6.26 Å². The highest BCUT2D eigenvalue weighted by Crippen LogP contribution is 2.14. The summed E-state index contributed by atoms with van der Waals surface area (Å²) >= 11 is 3.31. The van der Waals surface area contributed by atoms with Gasteiger partial charge in [0.15, 0.2) is 0 Å². The van der Waals surface area contributed by atoms with Crippen molar-refractivity contribution in [2.45, 2.75) is 19.8 Å². The second-order valence-electron chi connectivity index (χ2n) is 4.47. The van der Waals surface area contributed by atoms with E-state index in [4.69, 9.17) is 0 Å². The minimum atomic E-state index is -3.25. The van der Waals surface area contributed by atoms with Crippen LogP contribution in [0.4, 0.5) is 5.69 Å². The summed E-state index contributed by atoms with van der Waals surface area (Å²) in [6, 6.07) is 7.22. The maximum absolute atomic E-state index is 11.8. The zero-order valence-corrected chi connectivity index (χ0v) is 14.0. The van der Waals surface area contributed by atoms with E-state index in [1.54, 1.807) is 12.1 Å². The van der Waals surface area contributed by atoms with Gasteiger partial charge in [-0.15, -0.1) is 0 Å². The number of halogens is 1. The average molecular weight is 363 g/mol. The highest BCUT2D eigenvalue weighted by molar-refractivity contribution is 9.10. The highest BCUT2D eigenvalue weighted by atomic mass is 79.9. The fraction of sp³-hybridized carbons (Fsp3) is 0.462. The normalized spacial score (nSPS) is 11.6. The summed E-state index contributed by atoms with van der Waals surface area (Å²) in [5, 5.41) is 2.74. The summed E-state index contributed by atoms with van der Waals surface area (Å²) in [6.45, 7) is 2.54. The monoisotopic (exact) mass is 362 g/mol. The zero-order valence-electron chi connectivity index (χ0n) is 11.6. The van der Waals surface area contributed by atoms with Gasteiger partial charge in [-0.05, 0) is 30.7 Å². The van der Waals surface area contributed by atoms with E-state index in [0.717, 1.165) is 17.1 Å². The van der Waals surface area contributed by atoms with Crippen LogP contribution in [0.3, 0.4) is 0 Å². The third-order valence-corrected chi connectivity index (χ3v) is 4.49. The first kappa shape index (κ1) is 17.1. The van der Waals surface area contributed by atoms with Gasteiger partial charge in [-0.25, -0.2) is 12.7 Å². The first-order chi connectivity index (χ1) is 9.32. The molecule has 1 amide bonds. The van der Waals surface area contributed by atoms with Gasteiger partial charge in [-0.2, -0.15) is 0 Å². The largest absolute Gasteiger partial charge is 0.326 e. The molecule has 1 N–H and O–H groups in total. The number of hydrogen-bond acceptors (Lipinski definition) is 3. The second-order valence-corrected chi connectivity index (χ2v) is 7.37. The van der Waals surface area contributed by atoms with E-state index in [1.165, 1.54) is 4.31 Å². The molecule has 1 aromatic carbocycles. The molecule has 0 aliphatic heterocycles. The van der Waals surface area contributed by atoms with Gasteiger partial charge in [0.25, 0.3) is 0 Å². The van der Waals surface area contributed by atoms with Gasteiger partial charge in [-0.3, -0.25) is 4.79 Å². The van der Waals surface area contributed by atoms with E-state index >= 15 is 0 Å². The molecule has 0 heterocycles. The Hall–Kier alpha value is -0.920. The first-order valence-corrected chi connectivity index (χ1v) is 8.97. The van der Waals surface area contributed by atoms with Crippen LogP contribution in [0.2, 0.25) is 0 Å². The van der Waals surface area contributed by atoms with Crippen molar-refractivity contribution in [2.24, 2.45) is 0 Å². The molecule has 0 aliphatic carbocycles. The Bertz CT molecular complexity index is 543. The molecule has 5 nitrogen and oxygen atoms in total.